The summed E-state index contributed by atoms with van der Waals surface area (Å²) in [5.74, 6) is 0. The standard InChI is InChI=1S/C25H15ClN4/c26-19-13-7-12-18(14-19)23-20(15-27)21(16-8-3-1-4-9-16)22-24(29-30-25(22)28-23)17-10-5-2-6-11-17/h1-14H,(H,28,29,30). The molecule has 0 unspecified atom stereocenters. The van der Waals surface area contributed by atoms with Crippen LogP contribution in [0.1, 0.15) is 5.56 Å². The van der Waals surface area contributed by atoms with Gasteiger partial charge >= 0.3 is 0 Å². The second-order valence-electron chi connectivity index (χ2n) is 6.86. The molecule has 0 radical (unpaired) electrons. The molecule has 0 saturated carbocycles. The lowest BCUT2D eigenvalue weighted by atomic mass is 9.92. The molecule has 5 rings (SSSR count). The Balaban J connectivity index is 1.92. The molecule has 0 aliphatic rings. The fourth-order valence-electron chi connectivity index (χ4n) is 3.72. The topological polar surface area (TPSA) is 65.4 Å². The molecule has 5 heteroatoms. The second kappa shape index (κ2) is 7.47. The van der Waals surface area contributed by atoms with Gasteiger partial charge in [-0.15, -0.1) is 0 Å². The molecule has 0 saturated heterocycles. The van der Waals surface area contributed by atoms with Crippen molar-refractivity contribution in [3.63, 3.8) is 0 Å². The maximum absolute atomic E-state index is 10.2. The third-order valence-electron chi connectivity index (χ3n) is 5.04. The Labute approximate surface area is 178 Å². The molecule has 142 valence electrons. The van der Waals surface area contributed by atoms with Crippen LogP contribution in [0.2, 0.25) is 5.02 Å². The van der Waals surface area contributed by atoms with Gasteiger partial charge in [-0.1, -0.05) is 84.4 Å². The van der Waals surface area contributed by atoms with Crippen LogP contribution in [-0.2, 0) is 0 Å². The number of aromatic amines is 1. The number of aromatic nitrogens is 3. The van der Waals surface area contributed by atoms with Crippen molar-refractivity contribution < 1.29 is 0 Å². The maximum atomic E-state index is 10.2. The van der Waals surface area contributed by atoms with Crippen molar-refractivity contribution in [1.82, 2.24) is 15.2 Å². The van der Waals surface area contributed by atoms with E-state index < -0.39 is 0 Å². The SMILES string of the molecule is N#Cc1c(-c2cccc(Cl)c2)nc2n[nH]c(-c3ccccc3)c2c1-c1ccccc1. The zero-order chi connectivity index (χ0) is 20.5. The van der Waals surface area contributed by atoms with Gasteiger partial charge in [0.05, 0.1) is 22.3 Å². The number of rotatable bonds is 3. The van der Waals surface area contributed by atoms with E-state index in [0.717, 1.165) is 33.3 Å². The van der Waals surface area contributed by atoms with Gasteiger partial charge in [-0.05, 0) is 17.7 Å². The van der Waals surface area contributed by atoms with Crippen molar-refractivity contribution in [1.29, 1.82) is 5.26 Å². The van der Waals surface area contributed by atoms with E-state index in [2.05, 4.69) is 16.3 Å². The smallest absolute Gasteiger partial charge is 0.182 e. The minimum absolute atomic E-state index is 0.495. The first-order valence-electron chi connectivity index (χ1n) is 9.45. The van der Waals surface area contributed by atoms with Gasteiger partial charge in [-0.3, -0.25) is 5.10 Å². The molecule has 0 aliphatic carbocycles. The van der Waals surface area contributed by atoms with E-state index in [0.29, 0.717) is 21.9 Å². The number of hydrogen-bond acceptors (Lipinski definition) is 3. The summed E-state index contributed by atoms with van der Waals surface area (Å²) in [6.45, 7) is 0. The van der Waals surface area contributed by atoms with Gasteiger partial charge in [-0.2, -0.15) is 10.4 Å². The van der Waals surface area contributed by atoms with Crippen LogP contribution >= 0.6 is 11.6 Å². The van der Waals surface area contributed by atoms with Gasteiger partial charge < -0.3 is 0 Å². The minimum atomic E-state index is 0.495. The molecule has 1 N–H and O–H groups in total. The molecule has 2 aromatic heterocycles. The molecule has 5 aromatic rings. The Morgan fingerprint density at radius 3 is 2.13 bits per heavy atom. The zero-order valence-corrected chi connectivity index (χ0v) is 16.6. The largest absolute Gasteiger partial charge is 0.275 e. The fourth-order valence-corrected chi connectivity index (χ4v) is 3.91. The van der Waals surface area contributed by atoms with Crippen molar-refractivity contribution in [2.24, 2.45) is 0 Å². The molecule has 0 fully saturated rings. The van der Waals surface area contributed by atoms with Crippen LogP contribution in [0.5, 0.6) is 0 Å². The van der Waals surface area contributed by atoms with Gasteiger partial charge in [0.15, 0.2) is 5.65 Å². The normalized spacial score (nSPS) is 10.8. The van der Waals surface area contributed by atoms with E-state index in [1.54, 1.807) is 6.07 Å². The van der Waals surface area contributed by atoms with E-state index in [1.165, 1.54) is 0 Å². The van der Waals surface area contributed by atoms with Crippen LogP contribution < -0.4 is 0 Å². The summed E-state index contributed by atoms with van der Waals surface area (Å²) in [5, 5.41) is 19.2. The molecule has 0 aliphatic heterocycles. The Hall–Kier alpha value is -3.94. The van der Waals surface area contributed by atoms with Crippen molar-refractivity contribution in [3.8, 4) is 39.7 Å². The van der Waals surface area contributed by atoms with E-state index in [4.69, 9.17) is 16.6 Å². The van der Waals surface area contributed by atoms with E-state index in [-0.39, 0.29) is 0 Å². The predicted molar refractivity (Wildman–Crippen MR) is 120 cm³/mol. The van der Waals surface area contributed by atoms with Crippen LogP contribution in [0.4, 0.5) is 0 Å². The zero-order valence-electron chi connectivity index (χ0n) is 15.8. The van der Waals surface area contributed by atoms with E-state index in [1.807, 2.05) is 78.9 Å². The molecule has 0 spiro atoms. The van der Waals surface area contributed by atoms with Gasteiger partial charge in [0.1, 0.15) is 6.07 Å². The molecule has 2 heterocycles. The molecular formula is C25H15ClN4. The van der Waals surface area contributed by atoms with Crippen molar-refractivity contribution >= 4 is 22.6 Å². The van der Waals surface area contributed by atoms with E-state index in [9.17, 15) is 5.26 Å². The summed E-state index contributed by atoms with van der Waals surface area (Å²) in [4.78, 5) is 4.77. The molecule has 0 bridgehead atoms. The fraction of sp³-hybridized carbons (Fsp3) is 0. The lowest BCUT2D eigenvalue weighted by molar-refractivity contribution is 1.10. The number of nitrogens with one attached hydrogen (secondary N) is 1. The number of nitrogens with zero attached hydrogens (tertiary/aromatic N) is 3. The first-order chi connectivity index (χ1) is 14.8. The average Bonchev–Trinajstić information content (AvgIpc) is 3.22. The summed E-state index contributed by atoms with van der Waals surface area (Å²) in [5.41, 5.74) is 5.97. The van der Waals surface area contributed by atoms with Gasteiger partial charge in [0.25, 0.3) is 0 Å². The number of benzene rings is 3. The highest BCUT2D eigenvalue weighted by Crippen LogP contribution is 2.40. The number of hydrogen-bond donors (Lipinski definition) is 1. The van der Waals surface area contributed by atoms with Crippen LogP contribution in [-0.4, -0.2) is 15.2 Å². The Morgan fingerprint density at radius 2 is 1.47 bits per heavy atom. The summed E-state index contributed by atoms with van der Waals surface area (Å²) >= 11 is 6.22. The monoisotopic (exact) mass is 406 g/mol. The lowest BCUT2D eigenvalue weighted by Gasteiger charge is -2.12. The van der Waals surface area contributed by atoms with Crippen molar-refractivity contribution in [3.05, 3.63) is 95.5 Å². The lowest BCUT2D eigenvalue weighted by Crippen LogP contribution is -1.96. The van der Waals surface area contributed by atoms with Crippen LogP contribution in [0.25, 0.3) is 44.7 Å². The number of pyridine rings is 1. The molecule has 4 nitrogen and oxygen atoms in total. The van der Waals surface area contributed by atoms with Crippen molar-refractivity contribution in [2.75, 3.05) is 0 Å². The first-order valence-corrected chi connectivity index (χ1v) is 9.83. The maximum Gasteiger partial charge on any atom is 0.182 e. The van der Waals surface area contributed by atoms with Gasteiger partial charge in [-0.25, -0.2) is 4.98 Å². The number of H-pyrrole nitrogens is 1. The Morgan fingerprint density at radius 1 is 0.800 bits per heavy atom. The molecule has 30 heavy (non-hydrogen) atoms. The summed E-state index contributed by atoms with van der Waals surface area (Å²) in [6, 6.07) is 29.6. The van der Waals surface area contributed by atoms with Gasteiger partial charge in [0.2, 0.25) is 0 Å². The van der Waals surface area contributed by atoms with Crippen LogP contribution in [0.3, 0.4) is 0 Å². The van der Waals surface area contributed by atoms with Crippen molar-refractivity contribution in [2.45, 2.75) is 0 Å². The molecule has 0 atom stereocenters. The highest BCUT2D eigenvalue weighted by atomic mass is 35.5. The highest BCUT2D eigenvalue weighted by Gasteiger charge is 2.22. The quantitative estimate of drug-likeness (QED) is 0.372. The van der Waals surface area contributed by atoms with Crippen LogP contribution in [0, 0.1) is 11.3 Å². The number of fused-ring (bicyclic) bond motifs is 1. The average molecular weight is 407 g/mol. The molecular weight excluding hydrogens is 392 g/mol. The summed E-state index contributed by atoms with van der Waals surface area (Å²) in [6.07, 6.45) is 0. The Kier molecular flexibility index (Phi) is 4.51. The Bertz CT molecular complexity index is 1400. The third-order valence-corrected chi connectivity index (χ3v) is 5.27. The summed E-state index contributed by atoms with van der Waals surface area (Å²) in [7, 11) is 0. The van der Waals surface area contributed by atoms with E-state index >= 15 is 0 Å². The number of nitriles is 1. The third kappa shape index (κ3) is 3.02. The molecule has 3 aromatic carbocycles. The van der Waals surface area contributed by atoms with Gasteiger partial charge in [0, 0.05) is 21.7 Å². The first kappa shape index (κ1) is 18.1. The minimum Gasteiger partial charge on any atom is -0.275 e. The summed E-state index contributed by atoms with van der Waals surface area (Å²) < 4.78 is 0. The molecule has 0 amide bonds. The second-order valence-corrected chi connectivity index (χ2v) is 7.30. The number of halogens is 1. The van der Waals surface area contributed by atoms with Crippen LogP contribution in [0.15, 0.2) is 84.9 Å². The highest BCUT2D eigenvalue weighted by molar-refractivity contribution is 6.30. The predicted octanol–water partition coefficient (Wildman–Crippen LogP) is 6.48.